The summed E-state index contributed by atoms with van der Waals surface area (Å²) in [6.07, 6.45) is 1.08. The van der Waals surface area contributed by atoms with Gasteiger partial charge in [-0.25, -0.2) is 9.78 Å². The van der Waals surface area contributed by atoms with Crippen LogP contribution in [0.5, 0.6) is 0 Å². The minimum absolute atomic E-state index is 0.0920. The van der Waals surface area contributed by atoms with E-state index in [2.05, 4.69) is 15.3 Å². The maximum Gasteiger partial charge on any atom is 0.332 e. The first kappa shape index (κ1) is 16.2. The minimum atomic E-state index is -0.439. The molecule has 0 aliphatic heterocycles. The lowest BCUT2D eigenvalue weighted by Gasteiger charge is -2.02. The second-order valence-electron chi connectivity index (χ2n) is 5.44. The minimum Gasteiger partial charge on any atom is -0.349 e. The average molecular weight is 347 g/mol. The van der Waals surface area contributed by atoms with Crippen molar-refractivity contribution in [1.29, 1.82) is 0 Å². The zero-order valence-electron chi connectivity index (χ0n) is 13.3. The summed E-state index contributed by atoms with van der Waals surface area (Å²) in [7, 11) is 2.96. The molecule has 0 spiro atoms. The number of aryl methyl sites for hydroxylation is 2. The van der Waals surface area contributed by atoms with Gasteiger partial charge >= 0.3 is 5.69 Å². The molecule has 3 aromatic heterocycles. The van der Waals surface area contributed by atoms with Crippen LogP contribution < -0.4 is 16.6 Å². The van der Waals surface area contributed by atoms with Crippen molar-refractivity contribution < 1.29 is 4.79 Å². The predicted octanol–water partition coefficient (Wildman–Crippen LogP) is 0.271. The van der Waals surface area contributed by atoms with Gasteiger partial charge in [0.15, 0.2) is 5.65 Å². The Balaban J connectivity index is 1.71. The lowest BCUT2D eigenvalue weighted by Crippen LogP contribution is -2.36. The van der Waals surface area contributed by atoms with Gasteiger partial charge in [0.05, 0.1) is 6.54 Å². The first-order valence-corrected chi connectivity index (χ1v) is 8.29. The van der Waals surface area contributed by atoms with Crippen LogP contribution >= 0.6 is 11.3 Å². The van der Waals surface area contributed by atoms with Crippen molar-refractivity contribution in [3.63, 3.8) is 0 Å². The van der Waals surface area contributed by atoms with Crippen molar-refractivity contribution in [3.8, 4) is 0 Å². The molecule has 0 atom stereocenters. The third-order valence-electron chi connectivity index (χ3n) is 3.78. The average Bonchev–Trinajstić information content (AvgIpc) is 3.23. The van der Waals surface area contributed by atoms with Gasteiger partial charge in [-0.1, -0.05) is 6.07 Å². The Bertz CT molecular complexity index is 997. The number of aromatic nitrogens is 4. The highest BCUT2D eigenvalue weighted by Gasteiger charge is 2.13. The molecule has 0 aliphatic rings. The van der Waals surface area contributed by atoms with Crippen molar-refractivity contribution in [3.05, 3.63) is 49.1 Å². The smallest absolute Gasteiger partial charge is 0.332 e. The second kappa shape index (κ2) is 6.44. The second-order valence-corrected chi connectivity index (χ2v) is 6.48. The number of nitrogens with one attached hydrogen (secondary N) is 2. The first-order chi connectivity index (χ1) is 11.5. The van der Waals surface area contributed by atoms with Gasteiger partial charge in [0.1, 0.15) is 11.3 Å². The number of hydrogen-bond donors (Lipinski definition) is 2. The Morgan fingerprint density at radius 2 is 2.12 bits per heavy atom. The summed E-state index contributed by atoms with van der Waals surface area (Å²) < 4.78 is 2.32. The molecule has 2 N–H and O–H groups in total. The van der Waals surface area contributed by atoms with Crippen LogP contribution in [0.15, 0.2) is 27.1 Å². The first-order valence-electron chi connectivity index (χ1n) is 7.41. The van der Waals surface area contributed by atoms with Crippen LogP contribution in [0.4, 0.5) is 0 Å². The number of fused-ring (bicyclic) bond motifs is 1. The largest absolute Gasteiger partial charge is 0.349 e. The van der Waals surface area contributed by atoms with Crippen molar-refractivity contribution in [2.75, 3.05) is 0 Å². The number of carbonyl (C=O) groups excluding carboxylic acids is 1. The van der Waals surface area contributed by atoms with Gasteiger partial charge in [0, 0.05) is 25.4 Å². The summed E-state index contributed by atoms with van der Waals surface area (Å²) in [5, 5.41) is 4.74. The summed E-state index contributed by atoms with van der Waals surface area (Å²) in [5.41, 5.74) is -0.338. The molecule has 3 aromatic rings. The maximum atomic E-state index is 12.1. The fourth-order valence-corrected chi connectivity index (χ4v) is 3.13. The molecule has 3 heterocycles. The number of aromatic amines is 1. The Labute approximate surface area is 140 Å². The van der Waals surface area contributed by atoms with E-state index in [4.69, 9.17) is 0 Å². The number of thiophene rings is 1. The van der Waals surface area contributed by atoms with Gasteiger partial charge < -0.3 is 10.3 Å². The number of rotatable bonds is 5. The molecule has 24 heavy (non-hydrogen) atoms. The van der Waals surface area contributed by atoms with E-state index >= 15 is 0 Å². The monoisotopic (exact) mass is 347 g/mol. The summed E-state index contributed by atoms with van der Waals surface area (Å²) in [6.45, 7) is 0.176. The van der Waals surface area contributed by atoms with E-state index in [1.165, 1.54) is 11.6 Å². The fourth-order valence-electron chi connectivity index (χ4n) is 2.42. The SMILES string of the molecule is Cn1c(=O)c2[nH]c(CNC(=O)CCc3cccs3)nc2n(C)c1=O. The predicted molar refractivity (Wildman–Crippen MR) is 91.1 cm³/mol. The summed E-state index contributed by atoms with van der Waals surface area (Å²) >= 11 is 1.62. The number of nitrogens with zero attached hydrogens (tertiary/aromatic N) is 3. The molecule has 8 nitrogen and oxygen atoms in total. The van der Waals surface area contributed by atoms with Crippen LogP contribution in [0.25, 0.3) is 11.2 Å². The fraction of sp³-hybridized carbons (Fsp3) is 0.333. The van der Waals surface area contributed by atoms with E-state index in [-0.39, 0.29) is 23.6 Å². The standard InChI is InChI=1S/C15H17N5O3S/c1-19-13-12(14(22)20(2)15(19)23)17-10(18-13)8-16-11(21)6-5-9-4-3-7-24-9/h3-4,7H,5-6,8H2,1-2H3,(H,16,21)(H,17,18). The molecule has 1 amide bonds. The zero-order valence-corrected chi connectivity index (χ0v) is 14.1. The lowest BCUT2D eigenvalue weighted by atomic mass is 10.2. The lowest BCUT2D eigenvalue weighted by molar-refractivity contribution is -0.121. The Kier molecular flexibility index (Phi) is 4.34. The zero-order chi connectivity index (χ0) is 17.3. The molecular weight excluding hydrogens is 330 g/mol. The van der Waals surface area contributed by atoms with E-state index in [1.54, 1.807) is 18.4 Å². The van der Waals surface area contributed by atoms with E-state index in [1.807, 2.05) is 17.5 Å². The highest BCUT2D eigenvalue weighted by molar-refractivity contribution is 7.09. The van der Waals surface area contributed by atoms with Crippen molar-refractivity contribution in [2.45, 2.75) is 19.4 Å². The Morgan fingerprint density at radius 1 is 1.33 bits per heavy atom. The van der Waals surface area contributed by atoms with Gasteiger partial charge in [0.25, 0.3) is 5.56 Å². The van der Waals surface area contributed by atoms with Gasteiger partial charge in [0.2, 0.25) is 5.91 Å². The van der Waals surface area contributed by atoms with Crippen LogP contribution in [0.1, 0.15) is 17.1 Å². The van der Waals surface area contributed by atoms with Crippen molar-refractivity contribution in [1.82, 2.24) is 24.4 Å². The number of amides is 1. The van der Waals surface area contributed by atoms with Gasteiger partial charge in [-0.3, -0.25) is 18.7 Å². The highest BCUT2D eigenvalue weighted by Crippen LogP contribution is 2.10. The summed E-state index contributed by atoms with van der Waals surface area (Å²) in [4.78, 5) is 44.1. The third-order valence-corrected chi connectivity index (χ3v) is 4.71. The van der Waals surface area contributed by atoms with Gasteiger partial charge in [-0.2, -0.15) is 0 Å². The van der Waals surface area contributed by atoms with E-state index < -0.39 is 11.2 Å². The molecule has 0 aromatic carbocycles. The molecule has 9 heteroatoms. The Hall–Kier alpha value is -2.68. The quantitative estimate of drug-likeness (QED) is 0.692. The molecular formula is C15H17N5O3S. The molecule has 3 rings (SSSR count). The molecule has 0 saturated carbocycles. The molecule has 0 unspecified atom stereocenters. The van der Waals surface area contributed by atoms with E-state index in [9.17, 15) is 14.4 Å². The molecule has 0 radical (unpaired) electrons. The molecule has 0 fully saturated rings. The van der Waals surface area contributed by atoms with Crippen molar-refractivity contribution in [2.24, 2.45) is 14.1 Å². The highest BCUT2D eigenvalue weighted by atomic mass is 32.1. The third kappa shape index (κ3) is 3.02. The van der Waals surface area contributed by atoms with Gasteiger partial charge in [-0.05, 0) is 17.9 Å². The molecule has 0 bridgehead atoms. The molecule has 0 saturated heterocycles. The Morgan fingerprint density at radius 3 is 2.83 bits per heavy atom. The normalized spacial score (nSPS) is 11.1. The van der Waals surface area contributed by atoms with Crippen LogP contribution in [0.3, 0.4) is 0 Å². The number of carbonyl (C=O) groups is 1. The van der Waals surface area contributed by atoms with Crippen LogP contribution in [0.2, 0.25) is 0 Å². The van der Waals surface area contributed by atoms with Crippen LogP contribution in [-0.2, 0) is 31.9 Å². The topological polar surface area (TPSA) is 102 Å². The number of hydrogen-bond acceptors (Lipinski definition) is 5. The van der Waals surface area contributed by atoms with Crippen molar-refractivity contribution >= 4 is 28.4 Å². The molecule has 0 aliphatic carbocycles. The van der Waals surface area contributed by atoms with Crippen LogP contribution in [0, 0.1) is 0 Å². The maximum absolute atomic E-state index is 12.1. The van der Waals surface area contributed by atoms with E-state index in [0.717, 1.165) is 9.44 Å². The van der Waals surface area contributed by atoms with E-state index in [0.29, 0.717) is 18.7 Å². The summed E-state index contributed by atoms with van der Waals surface area (Å²) in [6, 6.07) is 3.95. The summed E-state index contributed by atoms with van der Waals surface area (Å²) in [5.74, 6) is 0.346. The number of H-pyrrole nitrogens is 1. The van der Waals surface area contributed by atoms with Gasteiger partial charge in [-0.15, -0.1) is 11.3 Å². The number of imidazole rings is 1. The van der Waals surface area contributed by atoms with Crippen LogP contribution in [-0.4, -0.2) is 25.0 Å². The molecule has 126 valence electrons.